The molecule has 0 radical (unpaired) electrons. The van der Waals surface area contributed by atoms with Gasteiger partial charge in [0.25, 0.3) is 0 Å². The summed E-state index contributed by atoms with van der Waals surface area (Å²) >= 11 is 0. The van der Waals surface area contributed by atoms with E-state index in [-0.39, 0.29) is 6.10 Å². The molecule has 0 fully saturated rings. The second kappa shape index (κ2) is 6.43. The minimum atomic E-state index is 0.138. The predicted octanol–water partition coefficient (Wildman–Crippen LogP) is 2.12. The number of ether oxygens (including phenoxy) is 2. The van der Waals surface area contributed by atoms with Crippen LogP contribution in [-0.2, 0) is 4.74 Å². The van der Waals surface area contributed by atoms with Crippen LogP contribution in [0.1, 0.15) is 24.5 Å². The monoisotopic (exact) mass is 209 g/mol. The third-order valence-corrected chi connectivity index (χ3v) is 2.44. The Morgan fingerprint density at radius 2 is 1.87 bits per heavy atom. The highest BCUT2D eigenvalue weighted by Crippen LogP contribution is 2.23. The van der Waals surface area contributed by atoms with Crippen LogP contribution in [0.2, 0.25) is 0 Å². The van der Waals surface area contributed by atoms with Crippen molar-refractivity contribution in [2.75, 3.05) is 20.8 Å². The van der Waals surface area contributed by atoms with Crippen LogP contribution < -0.4 is 10.5 Å². The molecule has 0 saturated carbocycles. The lowest BCUT2D eigenvalue weighted by atomic mass is 10.0. The third kappa shape index (κ3) is 3.53. The lowest BCUT2D eigenvalue weighted by Gasteiger charge is -2.15. The van der Waals surface area contributed by atoms with E-state index in [1.807, 2.05) is 24.3 Å². The highest BCUT2D eigenvalue weighted by atomic mass is 16.5. The molecule has 1 rings (SSSR count). The molecule has 0 spiro atoms. The van der Waals surface area contributed by atoms with E-state index in [0.717, 1.165) is 18.6 Å². The van der Waals surface area contributed by atoms with E-state index in [4.69, 9.17) is 15.2 Å². The summed E-state index contributed by atoms with van der Waals surface area (Å²) in [6.45, 7) is 0.704. The molecule has 0 aliphatic carbocycles. The van der Waals surface area contributed by atoms with Gasteiger partial charge in [0, 0.05) is 7.11 Å². The summed E-state index contributed by atoms with van der Waals surface area (Å²) in [6.07, 6.45) is 2.07. The Kier molecular flexibility index (Phi) is 5.15. The maximum Gasteiger partial charge on any atom is 0.118 e. The number of nitrogens with two attached hydrogens (primary N) is 1. The lowest BCUT2D eigenvalue weighted by Crippen LogP contribution is -2.06. The van der Waals surface area contributed by atoms with Crippen LogP contribution in [0.15, 0.2) is 24.3 Å². The molecule has 1 atom stereocenters. The molecule has 0 aliphatic rings. The summed E-state index contributed by atoms with van der Waals surface area (Å²) in [6, 6.07) is 7.96. The molecule has 3 nitrogen and oxygen atoms in total. The highest BCUT2D eigenvalue weighted by Gasteiger charge is 2.09. The molecule has 0 aromatic heterocycles. The van der Waals surface area contributed by atoms with Crippen molar-refractivity contribution in [2.24, 2.45) is 5.73 Å². The minimum Gasteiger partial charge on any atom is -0.497 e. The van der Waals surface area contributed by atoms with Crippen LogP contribution >= 0.6 is 0 Å². The van der Waals surface area contributed by atoms with Crippen molar-refractivity contribution in [3.63, 3.8) is 0 Å². The fraction of sp³-hybridized carbons (Fsp3) is 0.500. The van der Waals surface area contributed by atoms with Gasteiger partial charge >= 0.3 is 0 Å². The molecule has 0 heterocycles. The molecule has 0 aliphatic heterocycles. The van der Waals surface area contributed by atoms with Gasteiger partial charge in [-0.3, -0.25) is 0 Å². The molecule has 3 heteroatoms. The summed E-state index contributed by atoms with van der Waals surface area (Å²) < 4.78 is 10.5. The highest BCUT2D eigenvalue weighted by molar-refractivity contribution is 5.28. The first kappa shape index (κ1) is 12.0. The normalized spacial score (nSPS) is 12.5. The van der Waals surface area contributed by atoms with E-state index in [1.54, 1.807) is 14.2 Å². The van der Waals surface area contributed by atoms with Gasteiger partial charge in [0.05, 0.1) is 13.2 Å². The summed E-state index contributed by atoms with van der Waals surface area (Å²) in [4.78, 5) is 0. The van der Waals surface area contributed by atoms with Crippen molar-refractivity contribution in [2.45, 2.75) is 18.9 Å². The molecule has 15 heavy (non-hydrogen) atoms. The first-order valence-electron chi connectivity index (χ1n) is 5.18. The Morgan fingerprint density at radius 1 is 1.20 bits per heavy atom. The molecular formula is C12H19NO2. The SMILES string of the molecule is COc1ccc(C(CCCN)OC)cc1. The molecule has 2 N–H and O–H groups in total. The zero-order chi connectivity index (χ0) is 11.1. The maximum atomic E-state index is 5.48. The van der Waals surface area contributed by atoms with E-state index in [0.29, 0.717) is 6.54 Å². The zero-order valence-electron chi connectivity index (χ0n) is 9.40. The molecule has 84 valence electrons. The minimum absolute atomic E-state index is 0.138. The van der Waals surface area contributed by atoms with E-state index in [9.17, 15) is 0 Å². The van der Waals surface area contributed by atoms with Crippen LogP contribution in [0.25, 0.3) is 0 Å². The number of hydrogen-bond donors (Lipinski definition) is 1. The Balaban J connectivity index is 2.65. The van der Waals surface area contributed by atoms with Crippen molar-refractivity contribution in [3.8, 4) is 5.75 Å². The fourth-order valence-electron chi connectivity index (χ4n) is 1.54. The first-order chi connectivity index (χ1) is 7.31. The van der Waals surface area contributed by atoms with E-state index >= 15 is 0 Å². The van der Waals surface area contributed by atoms with Crippen LogP contribution in [0.3, 0.4) is 0 Å². The smallest absolute Gasteiger partial charge is 0.118 e. The first-order valence-corrected chi connectivity index (χ1v) is 5.18. The van der Waals surface area contributed by atoms with Gasteiger partial charge in [0.15, 0.2) is 0 Å². The summed E-state index contributed by atoms with van der Waals surface area (Å²) in [5, 5.41) is 0. The van der Waals surface area contributed by atoms with Crippen LogP contribution in [0.5, 0.6) is 5.75 Å². The Labute approximate surface area is 91.2 Å². The van der Waals surface area contributed by atoms with Gasteiger partial charge < -0.3 is 15.2 Å². The van der Waals surface area contributed by atoms with Gasteiger partial charge in [-0.1, -0.05) is 12.1 Å². The lowest BCUT2D eigenvalue weighted by molar-refractivity contribution is 0.0943. The van der Waals surface area contributed by atoms with Crippen molar-refractivity contribution in [1.29, 1.82) is 0 Å². The standard InChI is InChI=1S/C12H19NO2/c1-14-11-7-5-10(6-8-11)12(15-2)4-3-9-13/h5-8,12H,3-4,9,13H2,1-2H3. The van der Waals surface area contributed by atoms with Gasteiger partial charge in [-0.05, 0) is 37.1 Å². The van der Waals surface area contributed by atoms with E-state index < -0.39 is 0 Å². The second-order valence-electron chi connectivity index (χ2n) is 3.43. The molecule has 0 saturated heterocycles. The fourth-order valence-corrected chi connectivity index (χ4v) is 1.54. The van der Waals surface area contributed by atoms with Crippen LogP contribution in [-0.4, -0.2) is 20.8 Å². The predicted molar refractivity (Wildman–Crippen MR) is 61.0 cm³/mol. The molecule has 1 aromatic rings. The molecule has 1 unspecified atom stereocenters. The number of hydrogen-bond acceptors (Lipinski definition) is 3. The van der Waals surface area contributed by atoms with Crippen molar-refractivity contribution < 1.29 is 9.47 Å². The quantitative estimate of drug-likeness (QED) is 0.780. The number of benzene rings is 1. The number of methoxy groups -OCH3 is 2. The average Bonchev–Trinajstić information content (AvgIpc) is 2.31. The zero-order valence-corrected chi connectivity index (χ0v) is 9.40. The van der Waals surface area contributed by atoms with Gasteiger partial charge in [-0.2, -0.15) is 0 Å². The van der Waals surface area contributed by atoms with Crippen LogP contribution in [0, 0.1) is 0 Å². The van der Waals surface area contributed by atoms with Gasteiger partial charge in [0.1, 0.15) is 5.75 Å². The third-order valence-electron chi connectivity index (χ3n) is 2.44. The topological polar surface area (TPSA) is 44.5 Å². The summed E-state index contributed by atoms with van der Waals surface area (Å²) in [5.41, 5.74) is 6.65. The molecule has 0 amide bonds. The van der Waals surface area contributed by atoms with E-state index in [1.165, 1.54) is 5.56 Å². The van der Waals surface area contributed by atoms with Gasteiger partial charge in [-0.15, -0.1) is 0 Å². The van der Waals surface area contributed by atoms with Crippen molar-refractivity contribution in [3.05, 3.63) is 29.8 Å². The van der Waals surface area contributed by atoms with Crippen molar-refractivity contribution >= 4 is 0 Å². The van der Waals surface area contributed by atoms with E-state index in [2.05, 4.69) is 0 Å². The maximum absolute atomic E-state index is 5.48. The Bertz CT molecular complexity index is 271. The Hall–Kier alpha value is -1.06. The van der Waals surface area contributed by atoms with Crippen LogP contribution in [0.4, 0.5) is 0 Å². The molecular weight excluding hydrogens is 190 g/mol. The van der Waals surface area contributed by atoms with Gasteiger partial charge in [-0.25, -0.2) is 0 Å². The van der Waals surface area contributed by atoms with Crippen molar-refractivity contribution in [1.82, 2.24) is 0 Å². The molecule has 0 bridgehead atoms. The molecule has 1 aromatic carbocycles. The summed E-state index contributed by atoms with van der Waals surface area (Å²) in [7, 11) is 3.39. The summed E-state index contributed by atoms with van der Waals surface area (Å²) in [5.74, 6) is 0.868. The largest absolute Gasteiger partial charge is 0.497 e. The second-order valence-corrected chi connectivity index (χ2v) is 3.43. The number of rotatable bonds is 6. The average molecular weight is 209 g/mol. The van der Waals surface area contributed by atoms with Gasteiger partial charge in [0.2, 0.25) is 0 Å². The Morgan fingerprint density at radius 3 is 2.33 bits per heavy atom.